The Bertz CT molecular complexity index is 822. The van der Waals surface area contributed by atoms with Gasteiger partial charge in [0.15, 0.2) is 11.9 Å². The molecule has 1 aliphatic heterocycles. The van der Waals surface area contributed by atoms with E-state index in [9.17, 15) is 14.0 Å². The lowest BCUT2D eigenvalue weighted by Crippen LogP contribution is -2.47. The third kappa shape index (κ3) is 4.77. The number of ether oxygens (including phenoxy) is 1. The van der Waals surface area contributed by atoms with Crippen molar-refractivity contribution in [3.05, 3.63) is 65.5 Å². The monoisotopic (exact) mass is 383 g/mol. The molecule has 1 aliphatic rings. The van der Waals surface area contributed by atoms with Crippen molar-refractivity contribution in [1.29, 1.82) is 0 Å². The number of hydrogen-bond donors (Lipinski definition) is 0. The average Bonchev–Trinajstić information content (AvgIpc) is 2.67. The summed E-state index contributed by atoms with van der Waals surface area (Å²) in [6.07, 6.45) is 0.555. The van der Waals surface area contributed by atoms with Crippen LogP contribution < -0.4 is 4.74 Å². The van der Waals surface area contributed by atoms with Crippen LogP contribution in [-0.4, -0.2) is 35.8 Å². The Morgan fingerprint density at radius 2 is 1.46 bits per heavy atom. The van der Waals surface area contributed by atoms with E-state index in [4.69, 9.17) is 4.74 Å². The summed E-state index contributed by atoms with van der Waals surface area (Å²) in [5.74, 6) is 0.955. The molecule has 2 aromatic carbocycles. The highest BCUT2D eigenvalue weighted by Crippen LogP contribution is 2.23. The number of carbonyl (C=O) groups is 2. The van der Waals surface area contributed by atoms with Crippen LogP contribution in [0.3, 0.4) is 0 Å². The quantitative estimate of drug-likeness (QED) is 0.722. The van der Waals surface area contributed by atoms with Crippen LogP contribution in [0.4, 0.5) is 4.39 Å². The number of nitrogens with zero attached hydrogens (tertiary/aromatic N) is 1. The first kappa shape index (κ1) is 20.1. The van der Waals surface area contributed by atoms with Gasteiger partial charge in [-0.25, -0.2) is 4.39 Å². The number of ketones is 1. The molecular formula is C23H26FNO3. The molecule has 1 heterocycles. The molecule has 148 valence electrons. The van der Waals surface area contributed by atoms with Crippen molar-refractivity contribution in [2.45, 2.75) is 33.3 Å². The molecule has 2 aromatic rings. The minimum absolute atomic E-state index is 0.00938. The molecule has 5 heteroatoms. The van der Waals surface area contributed by atoms with Crippen molar-refractivity contribution >= 4 is 11.7 Å². The van der Waals surface area contributed by atoms with Crippen LogP contribution in [0.1, 0.15) is 43.1 Å². The molecular weight excluding hydrogens is 357 g/mol. The second kappa shape index (κ2) is 8.55. The van der Waals surface area contributed by atoms with Gasteiger partial charge in [0.2, 0.25) is 0 Å². The van der Waals surface area contributed by atoms with E-state index in [0.717, 1.165) is 19.5 Å². The van der Waals surface area contributed by atoms with Crippen molar-refractivity contribution in [2.24, 2.45) is 11.8 Å². The summed E-state index contributed by atoms with van der Waals surface area (Å²) < 4.78 is 18.8. The van der Waals surface area contributed by atoms with Gasteiger partial charge in [-0.2, -0.15) is 0 Å². The van der Waals surface area contributed by atoms with Gasteiger partial charge in [-0.1, -0.05) is 13.8 Å². The molecule has 0 aromatic heterocycles. The predicted octanol–water partition coefficient (Wildman–Crippen LogP) is 4.33. The number of carbonyl (C=O) groups excluding carboxylic acids is 2. The minimum Gasteiger partial charge on any atom is -0.481 e. The molecule has 0 radical (unpaired) electrons. The molecule has 28 heavy (non-hydrogen) atoms. The SMILES string of the molecule is C[C@@H]1C[C@H](C)CN(C(=O)[C@H](C)Oc2ccc(C(=O)c3ccc(F)cc3)cc2)C1. The van der Waals surface area contributed by atoms with Crippen LogP contribution in [0.2, 0.25) is 0 Å². The Labute approximate surface area is 165 Å². The zero-order chi connectivity index (χ0) is 20.3. The van der Waals surface area contributed by atoms with Gasteiger partial charge in [0, 0.05) is 24.2 Å². The molecule has 0 aliphatic carbocycles. The van der Waals surface area contributed by atoms with Crippen LogP contribution >= 0.6 is 0 Å². The second-order valence-electron chi connectivity index (χ2n) is 7.81. The summed E-state index contributed by atoms with van der Waals surface area (Å²) in [6, 6.07) is 12.1. The summed E-state index contributed by atoms with van der Waals surface area (Å²) in [6.45, 7) is 7.62. The Hall–Kier alpha value is -2.69. The molecule has 1 fully saturated rings. The molecule has 1 amide bonds. The van der Waals surface area contributed by atoms with E-state index in [0.29, 0.717) is 28.7 Å². The molecule has 3 rings (SSSR count). The maximum absolute atomic E-state index is 13.0. The van der Waals surface area contributed by atoms with Crippen molar-refractivity contribution < 1.29 is 18.7 Å². The lowest BCUT2D eigenvalue weighted by molar-refractivity contribution is -0.140. The Morgan fingerprint density at radius 1 is 0.964 bits per heavy atom. The van der Waals surface area contributed by atoms with Gasteiger partial charge < -0.3 is 9.64 Å². The summed E-state index contributed by atoms with van der Waals surface area (Å²) >= 11 is 0. The highest BCUT2D eigenvalue weighted by molar-refractivity contribution is 6.09. The Balaban J connectivity index is 1.62. The third-order valence-corrected chi connectivity index (χ3v) is 5.06. The van der Waals surface area contributed by atoms with Crippen molar-refractivity contribution in [1.82, 2.24) is 4.90 Å². The Kier molecular flexibility index (Phi) is 6.12. The van der Waals surface area contributed by atoms with Gasteiger partial charge in [-0.15, -0.1) is 0 Å². The molecule has 3 atom stereocenters. The van der Waals surface area contributed by atoms with Gasteiger partial charge in [0.1, 0.15) is 11.6 Å². The van der Waals surface area contributed by atoms with E-state index in [1.807, 2.05) is 4.90 Å². The molecule has 0 unspecified atom stereocenters. The lowest BCUT2D eigenvalue weighted by atomic mass is 9.91. The highest BCUT2D eigenvalue weighted by Gasteiger charge is 2.29. The Morgan fingerprint density at radius 3 is 2.00 bits per heavy atom. The molecule has 0 spiro atoms. The molecule has 1 saturated heterocycles. The lowest BCUT2D eigenvalue weighted by Gasteiger charge is -2.36. The van der Waals surface area contributed by atoms with E-state index < -0.39 is 6.10 Å². The molecule has 0 bridgehead atoms. The zero-order valence-electron chi connectivity index (χ0n) is 16.5. The summed E-state index contributed by atoms with van der Waals surface area (Å²) in [5.41, 5.74) is 0.906. The summed E-state index contributed by atoms with van der Waals surface area (Å²) in [7, 11) is 0. The van der Waals surface area contributed by atoms with Crippen LogP contribution in [-0.2, 0) is 4.79 Å². The fourth-order valence-electron chi connectivity index (χ4n) is 3.81. The first-order valence-electron chi connectivity index (χ1n) is 9.69. The summed E-state index contributed by atoms with van der Waals surface area (Å²) in [5, 5.41) is 0. The minimum atomic E-state index is -0.587. The van der Waals surface area contributed by atoms with E-state index in [1.165, 1.54) is 24.3 Å². The van der Waals surface area contributed by atoms with Gasteiger partial charge in [0.05, 0.1) is 0 Å². The van der Waals surface area contributed by atoms with Gasteiger partial charge in [-0.3, -0.25) is 9.59 Å². The van der Waals surface area contributed by atoms with Crippen LogP contribution in [0, 0.1) is 17.7 Å². The third-order valence-electron chi connectivity index (χ3n) is 5.06. The number of rotatable bonds is 5. The van der Waals surface area contributed by atoms with E-state index in [2.05, 4.69) is 13.8 Å². The largest absolute Gasteiger partial charge is 0.481 e. The number of hydrogen-bond acceptors (Lipinski definition) is 3. The van der Waals surface area contributed by atoms with Crippen LogP contribution in [0.25, 0.3) is 0 Å². The molecule has 0 N–H and O–H groups in total. The van der Waals surface area contributed by atoms with Gasteiger partial charge >= 0.3 is 0 Å². The van der Waals surface area contributed by atoms with Crippen LogP contribution in [0.5, 0.6) is 5.75 Å². The highest BCUT2D eigenvalue weighted by atomic mass is 19.1. The zero-order valence-corrected chi connectivity index (χ0v) is 16.5. The standard InChI is InChI=1S/C23H26FNO3/c1-15-12-16(2)14-25(13-15)23(27)17(3)28-21-10-6-19(7-11-21)22(26)18-4-8-20(24)9-5-18/h4-11,15-17H,12-14H2,1-3H3/t15-,16+,17-/m0/s1. The normalized spacial score (nSPS) is 20.5. The fourth-order valence-corrected chi connectivity index (χ4v) is 3.81. The topological polar surface area (TPSA) is 46.6 Å². The number of benzene rings is 2. The summed E-state index contributed by atoms with van der Waals surface area (Å²) in [4.78, 5) is 27.0. The number of piperidine rings is 1. The smallest absolute Gasteiger partial charge is 0.263 e. The first-order valence-corrected chi connectivity index (χ1v) is 9.69. The number of likely N-dealkylation sites (tertiary alicyclic amines) is 1. The van der Waals surface area contributed by atoms with E-state index >= 15 is 0 Å². The van der Waals surface area contributed by atoms with Crippen molar-refractivity contribution in [3.63, 3.8) is 0 Å². The molecule has 4 nitrogen and oxygen atoms in total. The number of halogens is 1. The van der Waals surface area contributed by atoms with E-state index in [1.54, 1.807) is 31.2 Å². The van der Waals surface area contributed by atoms with Crippen molar-refractivity contribution in [3.8, 4) is 5.75 Å². The van der Waals surface area contributed by atoms with Gasteiger partial charge in [-0.05, 0) is 73.7 Å². The van der Waals surface area contributed by atoms with Crippen molar-refractivity contribution in [2.75, 3.05) is 13.1 Å². The molecule has 0 saturated carbocycles. The maximum atomic E-state index is 13.0. The predicted molar refractivity (Wildman–Crippen MR) is 106 cm³/mol. The van der Waals surface area contributed by atoms with Gasteiger partial charge in [0.25, 0.3) is 5.91 Å². The maximum Gasteiger partial charge on any atom is 0.263 e. The van der Waals surface area contributed by atoms with E-state index in [-0.39, 0.29) is 17.5 Å². The first-order chi connectivity index (χ1) is 13.3. The second-order valence-corrected chi connectivity index (χ2v) is 7.81. The van der Waals surface area contributed by atoms with Crippen LogP contribution in [0.15, 0.2) is 48.5 Å². The fraction of sp³-hybridized carbons (Fsp3) is 0.391. The number of amides is 1. The average molecular weight is 383 g/mol.